The summed E-state index contributed by atoms with van der Waals surface area (Å²) in [6.07, 6.45) is 1.83. The fraction of sp³-hybridized carbons (Fsp3) is 0.750. The second-order valence-electron chi connectivity index (χ2n) is 5.08. The van der Waals surface area contributed by atoms with Crippen molar-refractivity contribution >= 4 is 21.5 Å². The summed E-state index contributed by atoms with van der Waals surface area (Å²) in [6.45, 7) is 4.33. The van der Waals surface area contributed by atoms with Crippen molar-refractivity contribution in [1.82, 2.24) is 19.3 Å². The maximum atomic E-state index is 12.2. The molecule has 20 heavy (non-hydrogen) atoms. The maximum Gasteiger partial charge on any atom is 0.279 e. The van der Waals surface area contributed by atoms with Crippen LogP contribution in [0.1, 0.15) is 23.5 Å². The van der Waals surface area contributed by atoms with Crippen molar-refractivity contribution in [2.24, 2.45) is 5.92 Å². The summed E-state index contributed by atoms with van der Waals surface area (Å²) in [5.41, 5.74) is 0.779. The van der Waals surface area contributed by atoms with Crippen molar-refractivity contribution in [2.45, 2.75) is 26.3 Å². The minimum absolute atomic E-state index is 0.267. The fourth-order valence-corrected chi connectivity index (χ4v) is 4.21. The van der Waals surface area contributed by atoms with Gasteiger partial charge in [-0.1, -0.05) is 0 Å². The molecule has 1 aliphatic rings. The van der Waals surface area contributed by atoms with Gasteiger partial charge in [0.1, 0.15) is 0 Å². The molecular formula is C12H22N4O2S2. The third-order valence-electron chi connectivity index (χ3n) is 3.51. The first-order chi connectivity index (χ1) is 9.51. The lowest BCUT2D eigenvalue weighted by atomic mass is 9.98. The third kappa shape index (κ3) is 4.23. The van der Waals surface area contributed by atoms with Crippen molar-refractivity contribution in [1.29, 1.82) is 0 Å². The van der Waals surface area contributed by atoms with E-state index in [0.717, 1.165) is 30.1 Å². The van der Waals surface area contributed by atoms with Gasteiger partial charge in [-0.15, -0.1) is 11.3 Å². The molecule has 1 fully saturated rings. The first-order valence-electron chi connectivity index (χ1n) is 6.81. The van der Waals surface area contributed by atoms with E-state index in [1.165, 1.54) is 11.3 Å². The summed E-state index contributed by atoms with van der Waals surface area (Å²) in [5, 5.41) is 5.99. The van der Waals surface area contributed by atoms with Gasteiger partial charge < -0.3 is 5.32 Å². The van der Waals surface area contributed by atoms with Crippen LogP contribution < -0.4 is 10.0 Å². The van der Waals surface area contributed by atoms with Crippen LogP contribution in [-0.4, -0.2) is 44.4 Å². The van der Waals surface area contributed by atoms with E-state index in [1.807, 2.05) is 19.4 Å². The highest BCUT2D eigenvalue weighted by molar-refractivity contribution is 7.87. The van der Waals surface area contributed by atoms with Crippen molar-refractivity contribution in [3.05, 3.63) is 16.1 Å². The third-order valence-corrected chi connectivity index (χ3v) is 5.88. The number of thiazole rings is 1. The van der Waals surface area contributed by atoms with Crippen molar-refractivity contribution in [2.75, 3.05) is 26.7 Å². The monoisotopic (exact) mass is 318 g/mol. The molecule has 114 valence electrons. The molecule has 0 spiro atoms. The van der Waals surface area contributed by atoms with Crippen molar-refractivity contribution < 1.29 is 8.42 Å². The average molecular weight is 318 g/mol. The molecule has 0 atom stereocenters. The molecule has 1 aromatic heterocycles. The van der Waals surface area contributed by atoms with E-state index in [1.54, 1.807) is 4.31 Å². The van der Waals surface area contributed by atoms with Crippen LogP contribution in [0.4, 0.5) is 0 Å². The van der Waals surface area contributed by atoms with Gasteiger partial charge in [0.05, 0.1) is 17.2 Å². The molecule has 2 rings (SSSR count). The van der Waals surface area contributed by atoms with E-state index in [2.05, 4.69) is 15.0 Å². The number of aryl methyl sites for hydroxylation is 1. The molecule has 0 radical (unpaired) electrons. The molecule has 1 aromatic rings. The molecule has 6 nitrogen and oxygen atoms in total. The fourth-order valence-electron chi connectivity index (χ4n) is 2.39. The zero-order valence-corrected chi connectivity index (χ0v) is 13.6. The lowest BCUT2D eigenvalue weighted by Gasteiger charge is -2.30. The molecule has 2 heterocycles. The predicted octanol–water partition coefficient (Wildman–Crippen LogP) is 0.717. The summed E-state index contributed by atoms with van der Waals surface area (Å²) in [6, 6.07) is 0. The van der Waals surface area contributed by atoms with Gasteiger partial charge in [-0.25, -0.2) is 4.98 Å². The Hall–Kier alpha value is -0.540. The SMILES string of the molecule is CNCC1CCN(S(=O)(=O)NCc2csc(C)n2)CC1. The largest absolute Gasteiger partial charge is 0.319 e. The van der Waals surface area contributed by atoms with E-state index in [9.17, 15) is 8.42 Å². The van der Waals surface area contributed by atoms with Gasteiger partial charge in [-0.05, 0) is 39.3 Å². The Labute approximate surface area is 124 Å². The second kappa shape index (κ2) is 6.95. The molecule has 0 aliphatic carbocycles. The van der Waals surface area contributed by atoms with Crippen LogP contribution in [0.2, 0.25) is 0 Å². The smallest absolute Gasteiger partial charge is 0.279 e. The summed E-state index contributed by atoms with van der Waals surface area (Å²) in [7, 11) is -1.45. The summed E-state index contributed by atoms with van der Waals surface area (Å²) in [5.74, 6) is 0.577. The van der Waals surface area contributed by atoms with Crippen LogP contribution >= 0.6 is 11.3 Å². The Bertz CT molecular complexity index is 521. The highest BCUT2D eigenvalue weighted by Gasteiger charge is 2.27. The number of aromatic nitrogens is 1. The van der Waals surface area contributed by atoms with Gasteiger partial charge in [-0.2, -0.15) is 17.4 Å². The van der Waals surface area contributed by atoms with Gasteiger partial charge >= 0.3 is 0 Å². The van der Waals surface area contributed by atoms with Crippen molar-refractivity contribution in [3.8, 4) is 0 Å². The van der Waals surface area contributed by atoms with E-state index < -0.39 is 10.2 Å². The Morgan fingerprint density at radius 1 is 1.45 bits per heavy atom. The predicted molar refractivity (Wildman–Crippen MR) is 80.8 cm³/mol. The van der Waals surface area contributed by atoms with Gasteiger partial charge in [-0.3, -0.25) is 0 Å². The number of hydrogen-bond donors (Lipinski definition) is 2. The highest BCUT2D eigenvalue weighted by Crippen LogP contribution is 2.18. The molecule has 2 N–H and O–H groups in total. The minimum atomic E-state index is -3.38. The summed E-state index contributed by atoms with van der Waals surface area (Å²) < 4.78 is 28.6. The highest BCUT2D eigenvalue weighted by atomic mass is 32.2. The average Bonchev–Trinajstić information content (AvgIpc) is 2.84. The molecule has 1 saturated heterocycles. The quantitative estimate of drug-likeness (QED) is 0.810. The van der Waals surface area contributed by atoms with Gasteiger partial charge in [0, 0.05) is 18.5 Å². The number of rotatable bonds is 6. The molecular weight excluding hydrogens is 296 g/mol. The summed E-state index contributed by atoms with van der Waals surface area (Å²) >= 11 is 1.53. The Balaban J connectivity index is 1.85. The number of hydrogen-bond acceptors (Lipinski definition) is 5. The van der Waals surface area contributed by atoms with Gasteiger partial charge in [0.15, 0.2) is 0 Å². The van der Waals surface area contributed by atoms with Crippen LogP contribution in [0.5, 0.6) is 0 Å². The normalized spacial score (nSPS) is 18.5. The molecule has 8 heteroatoms. The second-order valence-corrected chi connectivity index (χ2v) is 7.90. The Morgan fingerprint density at radius 3 is 2.70 bits per heavy atom. The van der Waals surface area contributed by atoms with Crippen LogP contribution in [-0.2, 0) is 16.8 Å². The standard InChI is InChI=1S/C12H22N4O2S2/c1-10-15-12(9-19-10)8-14-20(17,18)16-5-3-11(4-6-16)7-13-2/h9,11,13-14H,3-8H2,1-2H3. The molecule has 0 aromatic carbocycles. The minimum Gasteiger partial charge on any atom is -0.319 e. The Kier molecular flexibility index (Phi) is 5.50. The van der Waals surface area contributed by atoms with E-state index >= 15 is 0 Å². The van der Waals surface area contributed by atoms with Gasteiger partial charge in [0.25, 0.3) is 10.2 Å². The van der Waals surface area contributed by atoms with Crippen LogP contribution in [0, 0.1) is 12.8 Å². The van der Waals surface area contributed by atoms with E-state index in [-0.39, 0.29) is 6.54 Å². The summed E-state index contributed by atoms with van der Waals surface area (Å²) in [4.78, 5) is 4.26. The van der Waals surface area contributed by atoms with E-state index in [4.69, 9.17) is 0 Å². The maximum absolute atomic E-state index is 12.2. The zero-order valence-electron chi connectivity index (χ0n) is 11.9. The topological polar surface area (TPSA) is 74.3 Å². The van der Waals surface area contributed by atoms with Crippen molar-refractivity contribution in [3.63, 3.8) is 0 Å². The first kappa shape index (κ1) is 15.8. The van der Waals surface area contributed by atoms with E-state index in [0.29, 0.717) is 19.0 Å². The number of nitrogens with one attached hydrogen (secondary N) is 2. The first-order valence-corrected chi connectivity index (χ1v) is 9.13. The molecule has 1 aliphatic heterocycles. The molecule has 0 bridgehead atoms. The number of nitrogens with zero attached hydrogens (tertiary/aromatic N) is 2. The van der Waals surface area contributed by atoms with Gasteiger partial charge in [0.2, 0.25) is 0 Å². The molecule has 0 amide bonds. The van der Waals surface area contributed by atoms with Crippen LogP contribution in [0.3, 0.4) is 0 Å². The lowest BCUT2D eigenvalue weighted by Crippen LogP contribution is -2.45. The lowest BCUT2D eigenvalue weighted by molar-refractivity contribution is 0.268. The van der Waals surface area contributed by atoms with Crippen LogP contribution in [0.25, 0.3) is 0 Å². The molecule has 0 saturated carbocycles. The zero-order chi connectivity index (χ0) is 14.6. The molecule has 0 unspecified atom stereocenters. The number of piperidine rings is 1. The Morgan fingerprint density at radius 2 is 2.15 bits per heavy atom. The van der Waals surface area contributed by atoms with Crippen LogP contribution in [0.15, 0.2) is 5.38 Å².